The number of aryl methyl sites for hydroxylation is 1. The second-order valence-corrected chi connectivity index (χ2v) is 4.52. The summed E-state index contributed by atoms with van der Waals surface area (Å²) < 4.78 is 0. The first-order valence-electron chi connectivity index (χ1n) is 5.74. The second kappa shape index (κ2) is 6.35. The largest absolute Gasteiger partial charge is 0.332 e. The van der Waals surface area contributed by atoms with Gasteiger partial charge in [-0.05, 0) is 30.3 Å². The molecule has 17 heavy (non-hydrogen) atoms. The molecule has 0 aliphatic carbocycles. The number of nitrogens with one attached hydrogen (secondary N) is 2. The normalized spacial score (nSPS) is 10.1. The van der Waals surface area contributed by atoms with Crippen LogP contribution in [0.25, 0.3) is 0 Å². The maximum absolute atomic E-state index is 11.5. The van der Waals surface area contributed by atoms with E-state index in [1.165, 1.54) is 5.56 Å². The topological polar surface area (TPSA) is 41.1 Å². The molecule has 1 aromatic rings. The van der Waals surface area contributed by atoms with E-state index >= 15 is 0 Å². The van der Waals surface area contributed by atoms with Crippen LogP contribution in [0.3, 0.4) is 0 Å². The highest BCUT2D eigenvalue weighted by Crippen LogP contribution is 2.15. The lowest BCUT2D eigenvalue weighted by Gasteiger charge is -2.13. The van der Waals surface area contributed by atoms with Crippen LogP contribution in [0.5, 0.6) is 0 Å². The van der Waals surface area contributed by atoms with E-state index < -0.39 is 0 Å². The molecule has 0 aromatic heterocycles. The van der Waals surface area contributed by atoms with Crippen molar-refractivity contribution in [1.29, 1.82) is 0 Å². The summed E-state index contributed by atoms with van der Waals surface area (Å²) >= 11 is 5.10. The third kappa shape index (κ3) is 4.15. The van der Waals surface area contributed by atoms with Crippen molar-refractivity contribution in [1.82, 2.24) is 5.32 Å². The molecule has 0 saturated heterocycles. The highest BCUT2D eigenvalue weighted by molar-refractivity contribution is 7.80. The lowest BCUT2D eigenvalue weighted by atomic mass is 10.1. The maximum atomic E-state index is 11.5. The Balaban J connectivity index is 2.65. The summed E-state index contributed by atoms with van der Waals surface area (Å²) in [5.41, 5.74) is 2.12. The van der Waals surface area contributed by atoms with Gasteiger partial charge in [0.2, 0.25) is 5.91 Å². The molecular weight excluding hydrogens is 232 g/mol. The number of para-hydroxylation sites is 1. The van der Waals surface area contributed by atoms with Gasteiger partial charge in [0.15, 0.2) is 5.11 Å². The maximum Gasteiger partial charge on any atom is 0.228 e. The molecular formula is C13H18N2OS. The molecule has 2 N–H and O–H groups in total. The molecule has 1 rings (SSSR count). The molecule has 0 bridgehead atoms. The molecule has 0 aliphatic rings. The standard InChI is InChI=1S/C13H18N2OS/c1-4-10-7-5-6-8-11(10)14-13(17)15-12(16)9(2)3/h5-9H,4H2,1-3H3,(H2,14,15,16,17). The Bertz CT molecular complexity index is 416. The van der Waals surface area contributed by atoms with E-state index in [0.717, 1.165) is 12.1 Å². The fourth-order valence-electron chi connectivity index (χ4n) is 1.36. The van der Waals surface area contributed by atoms with Gasteiger partial charge in [0, 0.05) is 11.6 Å². The van der Waals surface area contributed by atoms with Gasteiger partial charge in [-0.2, -0.15) is 0 Å². The van der Waals surface area contributed by atoms with E-state index in [4.69, 9.17) is 12.2 Å². The summed E-state index contributed by atoms with van der Waals surface area (Å²) in [4.78, 5) is 11.5. The van der Waals surface area contributed by atoms with Crippen LogP contribution in [0.15, 0.2) is 24.3 Å². The summed E-state index contributed by atoms with van der Waals surface area (Å²) in [5.74, 6) is -0.146. The van der Waals surface area contributed by atoms with Crippen molar-refractivity contribution in [2.24, 2.45) is 5.92 Å². The van der Waals surface area contributed by atoms with Gasteiger partial charge in [-0.25, -0.2) is 0 Å². The van der Waals surface area contributed by atoms with Crippen molar-refractivity contribution in [2.75, 3.05) is 5.32 Å². The molecule has 0 spiro atoms. The average Bonchev–Trinajstić information content (AvgIpc) is 2.29. The van der Waals surface area contributed by atoms with Crippen molar-refractivity contribution in [3.63, 3.8) is 0 Å². The first-order valence-corrected chi connectivity index (χ1v) is 6.15. The Kier molecular flexibility index (Phi) is 5.10. The first kappa shape index (κ1) is 13.6. The van der Waals surface area contributed by atoms with E-state index in [-0.39, 0.29) is 11.8 Å². The zero-order valence-corrected chi connectivity index (χ0v) is 11.2. The number of hydrogen-bond donors (Lipinski definition) is 2. The SMILES string of the molecule is CCc1ccccc1NC(=S)NC(=O)C(C)C. The van der Waals surface area contributed by atoms with Crippen LogP contribution in [-0.4, -0.2) is 11.0 Å². The Morgan fingerprint density at radius 1 is 1.35 bits per heavy atom. The predicted octanol–water partition coefficient (Wildman–Crippen LogP) is 2.72. The molecule has 3 nitrogen and oxygen atoms in total. The number of thiocarbonyl (C=S) groups is 1. The minimum Gasteiger partial charge on any atom is -0.332 e. The first-order chi connectivity index (χ1) is 8.04. The lowest BCUT2D eigenvalue weighted by molar-refractivity contribution is -0.122. The van der Waals surface area contributed by atoms with Gasteiger partial charge in [0.05, 0.1) is 0 Å². The highest BCUT2D eigenvalue weighted by atomic mass is 32.1. The molecule has 0 aliphatic heterocycles. The van der Waals surface area contributed by atoms with E-state index in [2.05, 4.69) is 17.6 Å². The third-order valence-corrected chi connectivity index (χ3v) is 2.61. The highest BCUT2D eigenvalue weighted by Gasteiger charge is 2.09. The van der Waals surface area contributed by atoms with E-state index in [1.54, 1.807) is 0 Å². The molecule has 4 heteroatoms. The van der Waals surface area contributed by atoms with E-state index in [0.29, 0.717) is 5.11 Å². The Labute approximate surface area is 108 Å². The minimum atomic E-state index is -0.0730. The molecule has 1 aromatic carbocycles. The molecule has 1 amide bonds. The molecule has 0 heterocycles. The quantitative estimate of drug-likeness (QED) is 0.810. The van der Waals surface area contributed by atoms with Crippen LogP contribution in [0.4, 0.5) is 5.69 Å². The minimum absolute atomic E-state index is 0.0727. The van der Waals surface area contributed by atoms with Crippen LogP contribution in [0.1, 0.15) is 26.3 Å². The van der Waals surface area contributed by atoms with Gasteiger partial charge >= 0.3 is 0 Å². The molecule has 92 valence electrons. The Hall–Kier alpha value is -1.42. The molecule has 0 unspecified atom stereocenters. The zero-order chi connectivity index (χ0) is 12.8. The van der Waals surface area contributed by atoms with Crippen LogP contribution in [0, 0.1) is 5.92 Å². The summed E-state index contributed by atoms with van der Waals surface area (Å²) in [6, 6.07) is 7.91. The fraction of sp³-hybridized carbons (Fsp3) is 0.385. The van der Waals surface area contributed by atoms with Crippen LogP contribution in [0.2, 0.25) is 0 Å². The summed E-state index contributed by atoms with van der Waals surface area (Å²) in [5, 5.41) is 6.06. The average molecular weight is 250 g/mol. The third-order valence-electron chi connectivity index (χ3n) is 2.41. The van der Waals surface area contributed by atoms with Crippen molar-refractivity contribution in [3.8, 4) is 0 Å². The van der Waals surface area contributed by atoms with Gasteiger partial charge in [0.1, 0.15) is 0 Å². The monoisotopic (exact) mass is 250 g/mol. The zero-order valence-electron chi connectivity index (χ0n) is 10.4. The summed E-state index contributed by atoms with van der Waals surface area (Å²) in [6.45, 7) is 5.74. The van der Waals surface area contributed by atoms with E-state index in [1.807, 2.05) is 38.1 Å². The Morgan fingerprint density at radius 3 is 2.59 bits per heavy atom. The van der Waals surface area contributed by atoms with Crippen molar-refractivity contribution < 1.29 is 4.79 Å². The van der Waals surface area contributed by atoms with E-state index in [9.17, 15) is 4.79 Å². The number of hydrogen-bond acceptors (Lipinski definition) is 2. The van der Waals surface area contributed by atoms with Crippen molar-refractivity contribution in [3.05, 3.63) is 29.8 Å². The second-order valence-electron chi connectivity index (χ2n) is 4.11. The lowest BCUT2D eigenvalue weighted by Crippen LogP contribution is -2.36. The van der Waals surface area contributed by atoms with Gasteiger partial charge in [-0.1, -0.05) is 39.0 Å². The molecule has 0 saturated carbocycles. The summed E-state index contributed by atoms with van der Waals surface area (Å²) in [7, 11) is 0. The van der Waals surface area contributed by atoms with Crippen LogP contribution < -0.4 is 10.6 Å². The molecule has 0 fully saturated rings. The number of carbonyl (C=O) groups is 1. The number of benzene rings is 1. The fourth-order valence-corrected chi connectivity index (χ4v) is 1.57. The van der Waals surface area contributed by atoms with Gasteiger partial charge in [-0.3, -0.25) is 4.79 Å². The summed E-state index contributed by atoms with van der Waals surface area (Å²) in [6.07, 6.45) is 0.921. The predicted molar refractivity (Wildman–Crippen MR) is 75.0 cm³/mol. The molecule has 0 atom stereocenters. The molecule has 0 radical (unpaired) electrons. The van der Waals surface area contributed by atoms with Gasteiger partial charge in [0.25, 0.3) is 0 Å². The number of anilines is 1. The van der Waals surface area contributed by atoms with Crippen molar-refractivity contribution >= 4 is 28.9 Å². The van der Waals surface area contributed by atoms with Gasteiger partial charge in [-0.15, -0.1) is 0 Å². The smallest absolute Gasteiger partial charge is 0.228 e. The number of amides is 1. The Morgan fingerprint density at radius 2 is 2.00 bits per heavy atom. The van der Waals surface area contributed by atoms with Gasteiger partial charge < -0.3 is 10.6 Å². The van der Waals surface area contributed by atoms with Crippen LogP contribution >= 0.6 is 12.2 Å². The van der Waals surface area contributed by atoms with Crippen LogP contribution in [-0.2, 0) is 11.2 Å². The van der Waals surface area contributed by atoms with Crippen molar-refractivity contribution in [2.45, 2.75) is 27.2 Å². The number of carbonyl (C=O) groups excluding carboxylic acids is 1. The number of rotatable bonds is 3.